The van der Waals surface area contributed by atoms with Crippen molar-refractivity contribution in [3.63, 3.8) is 0 Å². The number of aromatic nitrogens is 2. The molecular formula is C57H82N14O9. The molecule has 0 saturated heterocycles. The third kappa shape index (κ3) is 22.2. The SMILES string of the molecule is CC[C@H](C)[C@H](NC(C)=O)C(=O)N[C@@H](CCCCN)C(=O)NCc1ccc(-c2cccc(CC(=O)N[C@@H](CCCNC(=N)N)C(=O)N[C@@H](Cc3c[nH]cn3)C(=O)N[C@@H](Cc3ccc(O)cc3)C(=O)N[C@@H](CC(C)C)C(=O)NC)c2)cc1. The average molecular weight is 1110 g/mol. The van der Waals surface area contributed by atoms with Gasteiger partial charge in [0.2, 0.25) is 47.3 Å². The van der Waals surface area contributed by atoms with E-state index in [-0.39, 0.29) is 80.6 Å². The Hall–Kier alpha value is -8.34. The van der Waals surface area contributed by atoms with Crippen molar-refractivity contribution in [3.05, 3.63) is 108 Å². The lowest BCUT2D eigenvalue weighted by Gasteiger charge is -2.27. The molecule has 80 heavy (non-hydrogen) atoms. The monoisotopic (exact) mass is 1110 g/mol. The number of phenols is 1. The fourth-order valence-corrected chi connectivity index (χ4v) is 8.75. The number of aromatic hydroxyl groups is 1. The van der Waals surface area contributed by atoms with Crippen LogP contribution in [0, 0.1) is 17.2 Å². The predicted octanol–water partition coefficient (Wildman–Crippen LogP) is 1.59. The van der Waals surface area contributed by atoms with Gasteiger partial charge in [-0.25, -0.2) is 4.98 Å². The average Bonchev–Trinajstić information content (AvgIpc) is 3.95. The molecule has 3 aromatic carbocycles. The Morgan fingerprint density at radius 3 is 1.88 bits per heavy atom. The molecule has 4 aromatic rings. The van der Waals surface area contributed by atoms with Gasteiger partial charge < -0.3 is 69.4 Å². The molecule has 7 atom stereocenters. The van der Waals surface area contributed by atoms with Crippen LogP contribution in [0.3, 0.4) is 0 Å². The minimum Gasteiger partial charge on any atom is -0.508 e. The van der Waals surface area contributed by atoms with E-state index in [1.165, 1.54) is 32.4 Å². The number of rotatable bonds is 33. The smallest absolute Gasteiger partial charge is 0.243 e. The Balaban J connectivity index is 1.50. The highest BCUT2D eigenvalue weighted by molar-refractivity contribution is 5.96. The fourth-order valence-electron chi connectivity index (χ4n) is 8.75. The molecule has 0 radical (unpaired) electrons. The number of hydrogen-bond donors (Lipinski definition) is 14. The molecule has 0 aliphatic heterocycles. The molecule has 16 N–H and O–H groups in total. The van der Waals surface area contributed by atoms with Crippen LogP contribution in [0.15, 0.2) is 85.3 Å². The number of nitrogens with two attached hydrogens (primary N) is 2. The van der Waals surface area contributed by atoms with E-state index in [9.17, 15) is 43.5 Å². The minimum atomic E-state index is -1.32. The summed E-state index contributed by atoms with van der Waals surface area (Å²) < 4.78 is 0. The van der Waals surface area contributed by atoms with Gasteiger partial charge in [0.05, 0.1) is 18.4 Å². The van der Waals surface area contributed by atoms with Crippen LogP contribution in [-0.4, -0.2) is 125 Å². The molecule has 4 rings (SSSR count). The first-order valence-corrected chi connectivity index (χ1v) is 27.2. The third-order valence-electron chi connectivity index (χ3n) is 13.3. The normalized spacial score (nSPS) is 13.7. The first kappa shape index (κ1) is 64.2. The number of nitrogens with zero attached hydrogens (tertiary/aromatic N) is 1. The molecule has 23 nitrogen and oxygen atoms in total. The Morgan fingerprint density at radius 2 is 1.27 bits per heavy atom. The number of benzene rings is 3. The van der Waals surface area contributed by atoms with Gasteiger partial charge in [-0.2, -0.15) is 0 Å². The van der Waals surface area contributed by atoms with E-state index >= 15 is 0 Å². The highest BCUT2D eigenvalue weighted by atomic mass is 16.3. The van der Waals surface area contributed by atoms with Crippen LogP contribution in [0.5, 0.6) is 5.75 Å². The molecule has 0 aliphatic carbocycles. The lowest BCUT2D eigenvalue weighted by molar-refractivity contribution is -0.134. The summed E-state index contributed by atoms with van der Waals surface area (Å²) in [5.74, 6) is -4.58. The molecule has 0 unspecified atom stereocenters. The first-order chi connectivity index (χ1) is 38.2. The van der Waals surface area contributed by atoms with Gasteiger partial charge in [-0.05, 0) is 96.9 Å². The van der Waals surface area contributed by atoms with Gasteiger partial charge in [-0.15, -0.1) is 0 Å². The van der Waals surface area contributed by atoms with Crippen LogP contribution >= 0.6 is 0 Å². The number of likely N-dealkylation sites (N-methyl/N-ethyl adjacent to an activating group) is 1. The number of unbranched alkanes of at least 4 members (excludes halogenated alkanes) is 1. The van der Waals surface area contributed by atoms with Crippen molar-refractivity contribution < 1.29 is 43.5 Å². The van der Waals surface area contributed by atoms with E-state index < -0.39 is 71.7 Å². The molecular weight excluding hydrogens is 1020 g/mol. The second-order valence-corrected chi connectivity index (χ2v) is 20.4. The van der Waals surface area contributed by atoms with Crippen LogP contribution in [0.2, 0.25) is 0 Å². The van der Waals surface area contributed by atoms with Crippen LogP contribution in [0.4, 0.5) is 0 Å². The molecule has 434 valence electrons. The quantitative estimate of drug-likeness (QED) is 0.0183. The van der Waals surface area contributed by atoms with E-state index in [4.69, 9.17) is 16.9 Å². The largest absolute Gasteiger partial charge is 0.508 e. The van der Waals surface area contributed by atoms with Crippen molar-refractivity contribution in [1.29, 1.82) is 5.41 Å². The van der Waals surface area contributed by atoms with Crippen molar-refractivity contribution in [2.45, 2.75) is 142 Å². The number of nitrogens with one attached hydrogen (secondary N) is 11. The molecule has 1 heterocycles. The highest BCUT2D eigenvalue weighted by Crippen LogP contribution is 2.22. The lowest BCUT2D eigenvalue weighted by atomic mass is 9.97. The van der Waals surface area contributed by atoms with Crippen molar-refractivity contribution in [2.24, 2.45) is 23.3 Å². The van der Waals surface area contributed by atoms with Gasteiger partial charge in [0.1, 0.15) is 42.0 Å². The van der Waals surface area contributed by atoms with E-state index in [2.05, 4.69) is 57.8 Å². The Labute approximate surface area is 468 Å². The second kappa shape index (κ2) is 33.2. The van der Waals surface area contributed by atoms with Crippen molar-refractivity contribution >= 4 is 53.2 Å². The number of imidazole rings is 1. The Morgan fingerprint density at radius 1 is 0.662 bits per heavy atom. The van der Waals surface area contributed by atoms with E-state index in [1.807, 2.05) is 64.1 Å². The van der Waals surface area contributed by atoms with Crippen LogP contribution in [0.1, 0.15) is 102 Å². The lowest BCUT2D eigenvalue weighted by Crippen LogP contribution is -2.59. The number of carbonyl (C=O) groups excluding carboxylic acids is 8. The summed E-state index contributed by atoms with van der Waals surface area (Å²) in [6, 6.07) is 14.6. The number of H-pyrrole nitrogens is 1. The van der Waals surface area contributed by atoms with Crippen LogP contribution < -0.4 is 59.3 Å². The number of hydrogen-bond acceptors (Lipinski definition) is 12. The van der Waals surface area contributed by atoms with Gasteiger partial charge in [-0.3, -0.25) is 43.8 Å². The summed E-state index contributed by atoms with van der Waals surface area (Å²) >= 11 is 0. The minimum absolute atomic E-state index is 0.00312. The maximum atomic E-state index is 14.4. The molecule has 0 fully saturated rings. The van der Waals surface area contributed by atoms with E-state index in [1.54, 1.807) is 30.5 Å². The van der Waals surface area contributed by atoms with Gasteiger partial charge in [0.15, 0.2) is 5.96 Å². The molecule has 0 saturated carbocycles. The molecule has 0 bridgehead atoms. The van der Waals surface area contributed by atoms with Gasteiger partial charge in [-0.1, -0.05) is 94.8 Å². The summed E-state index contributed by atoms with van der Waals surface area (Å²) in [7, 11) is 1.46. The highest BCUT2D eigenvalue weighted by Gasteiger charge is 2.33. The van der Waals surface area contributed by atoms with Gasteiger partial charge >= 0.3 is 0 Å². The molecule has 8 amide bonds. The summed E-state index contributed by atoms with van der Waals surface area (Å²) in [4.78, 5) is 115. The number of carbonyl (C=O) groups is 8. The first-order valence-electron chi connectivity index (χ1n) is 27.2. The van der Waals surface area contributed by atoms with E-state index in [0.717, 1.165) is 16.7 Å². The fraction of sp³-hybridized carbons (Fsp3) is 0.474. The molecule has 1 aromatic heterocycles. The zero-order valence-corrected chi connectivity index (χ0v) is 46.7. The maximum Gasteiger partial charge on any atom is 0.243 e. The predicted molar refractivity (Wildman–Crippen MR) is 304 cm³/mol. The van der Waals surface area contributed by atoms with Crippen molar-refractivity contribution in [3.8, 4) is 16.9 Å². The second-order valence-electron chi connectivity index (χ2n) is 20.4. The van der Waals surface area contributed by atoms with Crippen molar-refractivity contribution in [2.75, 3.05) is 20.1 Å². The van der Waals surface area contributed by atoms with Gasteiger partial charge in [0.25, 0.3) is 0 Å². The molecule has 0 aliphatic rings. The molecule has 0 spiro atoms. The van der Waals surface area contributed by atoms with E-state index in [0.29, 0.717) is 55.5 Å². The summed E-state index contributed by atoms with van der Waals surface area (Å²) in [6.07, 6.45) is 5.64. The number of guanidine groups is 1. The van der Waals surface area contributed by atoms with Crippen molar-refractivity contribution in [1.82, 2.24) is 57.8 Å². The summed E-state index contributed by atoms with van der Waals surface area (Å²) in [6.45, 7) is 9.75. The Bertz CT molecular complexity index is 2670. The number of aromatic amines is 1. The standard InChI is InChI=1S/C57H82N14O9/c1-7-35(4)50(66-36(5)72)56(80)68-44(14-8-9-24-58)52(76)64-31-38-16-20-40(21-17-38)41-13-10-12-39(27-41)29-49(74)67-45(15-11-25-63-57(59)60)53(77)71-48(30-42-32-62-33-65-42)55(79)70-47(28-37-18-22-43(73)23-19-37)54(78)69-46(26-34(2)3)51(75)61-6/h10,12-13,16-23,27,32-35,44-48,50,73H,7-9,11,14-15,24-26,28-31,58H2,1-6H3,(H,61,75)(H,62,65)(H,64,76)(H,66,72)(H,67,74)(H,68,80)(H,69,78)(H,70,79)(H,71,77)(H4,59,60,63)/t35-,44-,45-,46-,47-,48-,50-/m0/s1. The zero-order chi connectivity index (χ0) is 58.7. The molecule has 23 heteroatoms. The maximum absolute atomic E-state index is 14.4. The zero-order valence-electron chi connectivity index (χ0n) is 46.7. The van der Waals surface area contributed by atoms with Gasteiger partial charge in [0, 0.05) is 46.1 Å². The van der Waals surface area contributed by atoms with Crippen LogP contribution in [-0.2, 0) is 64.2 Å². The van der Waals surface area contributed by atoms with Crippen LogP contribution in [0.25, 0.3) is 11.1 Å². The topological polar surface area (TPSA) is 370 Å². The Kier molecular flexibility index (Phi) is 26.6. The number of amides is 8. The summed E-state index contributed by atoms with van der Waals surface area (Å²) in [5, 5.41) is 42.4. The third-order valence-corrected chi connectivity index (χ3v) is 13.3. The number of phenolic OH excluding ortho intramolecular Hbond substituents is 1. The summed E-state index contributed by atoms with van der Waals surface area (Å²) in [5.41, 5.74) is 15.3.